The van der Waals surface area contributed by atoms with Gasteiger partial charge in [0.15, 0.2) is 0 Å². The standard InChI is InChI=1S/C6H13NO8/c8-5(9)1-7-6(2-13-10,3-14-11)4-15-12/h7,10-12H,1-4H2,(H,8,9). The van der Waals surface area contributed by atoms with Gasteiger partial charge in [-0.15, -0.1) is 0 Å². The number of carboxylic acid groups (broad SMARTS) is 1. The minimum atomic E-state index is -1.36. The minimum Gasteiger partial charge on any atom is -0.480 e. The third-order valence-electron chi connectivity index (χ3n) is 1.64. The Morgan fingerprint density at radius 1 is 1.07 bits per heavy atom. The number of hydrogen-bond acceptors (Lipinski definition) is 8. The van der Waals surface area contributed by atoms with Crippen molar-refractivity contribution in [3.05, 3.63) is 0 Å². The second-order valence-electron chi connectivity index (χ2n) is 2.85. The highest BCUT2D eigenvalue weighted by Gasteiger charge is 2.33. The lowest BCUT2D eigenvalue weighted by Crippen LogP contribution is -2.57. The molecule has 0 aliphatic rings. The molecule has 90 valence electrons. The third-order valence-corrected chi connectivity index (χ3v) is 1.64. The van der Waals surface area contributed by atoms with E-state index in [-0.39, 0.29) is 0 Å². The Morgan fingerprint density at radius 3 is 1.73 bits per heavy atom. The topological polar surface area (TPSA) is 138 Å². The van der Waals surface area contributed by atoms with Crippen molar-refractivity contribution >= 4 is 5.97 Å². The summed E-state index contributed by atoms with van der Waals surface area (Å²) >= 11 is 0. The first-order valence-electron chi connectivity index (χ1n) is 3.86. The van der Waals surface area contributed by atoms with Crippen molar-refractivity contribution in [1.82, 2.24) is 5.32 Å². The number of nitrogens with one attached hydrogen (secondary N) is 1. The van der Waals surface area contributed by atoms with Crippen molar-refractivity contribution < 1.29 is 40.3 Å². The zero-order valence-electron chi connectivity index (χ0n) is 7.75. The van der Waals surface area contributed by atoms with Crippen molar-refractivity contribution in [2.75, 3.05) is 26.4 Å². The van der Waals surface area contributed by atoms with E-state index >= 15 is 0 Å². The van der Waals surface area contributed by atoms with Crippen LogP contribution in [-0.2, 0) is 19.5 Å². The SMILES string of the molecule is O=C(O)CNC(COO)(COO)COO. The van der Waals surface area contributed by atoms with Gasteiger partial charge in [-0.25, -0.2) is 14.7 Å². The first-order valence-corrected chi connectivity index (χ1v) is 3.86. The molecule has 0 rings (SSSR count). The number of hydrogen-bond donors (Lipinski definition) is 5. The number of carbonyl (C=O) groups is 1. The van der Waals surface area contributed by atoms with Gasteiger partial charge in [0.25, 0.3) is 0 Å². The summed E-state index contributed by atoms with van der Waals surface area (Å²) < 4.78 is 0. The fourth-order valence-electron chi connectivity index (χ4n) is 0.912. The summed E-state index contributed by atoms with van der Waals surface area (Å²) in [6.45, 7) is -1.82. The van der Waals surface area contributed by atoms with E-state index in [4.69, 9.17) is 20.9 Å². The molecule has 0 radical (unpaired) electrons. The lowest BCUT2D eigenvalue weighted by molar-refractivity contribution is -0.316. The van der Waals surface area contributed by atoms with Crippen LogP contribution in [0.3, 0.4) is 0 Å². The van der Waals surface area contributed by atoms with Crippen molar-refractivity contribution in [2.45, 2.75) is 5.54 Å². The predicted octanol–water partition coefficient (Wildman–Crippen LogP) is -1.13. The largest absolute Gasteiger partial charge is 0.480 e. The van der Waals surface area contributed by atoms with Crippen LogP contribution in [0.2, 0.25) is 0 Å². The van der Waals surface area contributed by atoms with E-state index in [1.54, 1.807) is 0 Å². The van der Waals surface area contributed by atoms with Crippen LogP contribution in [0, 0.1) is 0 Å². The van der Waals surface area contributed by atoms with Crippen LogP contribution in [0.25, 0.3) is 0 Å². The van der Waals surface area contributed by atoms with Gasteiger partial charge in [-0.3, -0.25) is 25.9 Å². The molecular formula is C6H13NO8. The maximum Gasteiger partial charge on any atom is 0.317 e. The fourth-order valence-corrected chi connectivity index (χ4v) is 0.912. The molecule has 9 heteroatoms. The molecule has 0 fully saturated rings. The molecule has 0 aliphatic heterocycles. The molecule has 9 nitrogen and oxygen atoms in total. The van der Waals surface area contributed by atoms with Crippen molar-refractivity contribution in [1.29, 1.82) is 0 Å². The molecule has 0 atom stereocenters. The molecule has 0 heterocycles. The van der Waals surface area contributed by atoms with Crippen LogP contribution in [0.1, 0.15) is 0 Å². The molecule has 0 aromatic carbocycles. The predicted molar refractivity (Wildman–Crippen MR) is 44.1 cm³/mol. The highest BCUT2D eigenvalue weighted by molar-refractivity contribution is 5.69. The summed E-state index contributed by atoms with van der Waals surface area (Å²) in [7, 11) is 0. The zero-order valence-corrected chi connectivity index (χ0v) is 7.75. The molecule has 0 unspecified atom stereocenters. The van der Waals surface area contributed by atoms with Crippen molar-refractivity contribution in [2.24, 2.45) is 0 Å². The van der Waals surface area contributed by atoms with Gasteiger partial charge in [-0.1, -0.05) is 0 Å². The molecule has 0 saturated heterocycles. The third kappa shape index (κ3) is 5.59. The van der Waals surface area contributed by atoms with Crippen molar-refractivity contribution in [3.8, 4) is 0 Å². The molecule has 5 N–H and O–H groups in total. The van der Waals surface area contributed by atoms with E-state index in [1.807, 2.05) is 0 Å². The summed E-state index contributed by atoms with van der Waals surface area (Å²) in [5, 5.41) is 35.6. The summed E-state index contributed by atoms with van der Waals surface area (Å²) in [6, 6.07) is 0. The smallest absolute Gasteiger partial charge is 0.317 e. The summed E-state index contributed by atoms with van der Waals surface area (Å²) in [4.78, 5) is 21.7. The Hall–Kier alpha value is -0.810. The molecule has 0 amide bonds. The highest BCUT2D eigenvalue weighted by Crippen LogP contribution is 2.06. The summed E-state index contributed by atoms with van der Waals surface area (Å²) in [5.41, 5.74) is -1.36. The molecule has 0 spiro atoms. The normalized spacial score (nSPS) is 11.7. The Bertz CT molecular complexity index is 169. The molecule has 0 aliphatic carbocycles. The summed E-state index contributed by atoms with van der Waals surface area (Å²) in [5.74, 6) is -1.17. The highest BCUT2D eigenvalue weighted by atomic mass is 17.1. The van der Waals surface area contributed by atoms with Crippen LogP contribution < -0.4 is 5.32 Å². The lowest BCUT2D eigenvalue weighted by Gasteiger charge is -2.29. The lowest BCUT2D eigenvalue weighted by atomic mass is 10.0. The fraction of sp³-hybridized carbons (Fsp3) is 0.833. The van der Waals surface area contributed by atoms with Crippen LogP contribution >= 0.6 is 0 Å². The molecule has 0 aromatic rings. The number of carboxylic acids is 1. The van der Waals surface area contributed by atoms with Gasteiger partial charge in [0.1, 0.15) is 19.8 Å². The second kappa shape index (κ2) is 7.48. The minimum absolute atomic E-state index is 0.443. The molecule has 15 heavy (non-hydrogen) atoms. The van der Waals surface area contributed by atoms with E-state index in [1.165, 1.54) is 0 Å². The van der Waals surface area contributed by atoms with Gasteiger partial charge in [0.05, 0.1) is 12.1 Å². The van der Waals surface area contributed by atoms with E-state index in [2.05, 4.69) is 20.0 Å². The molecule has 0 bridgehead atoms. The van der Waals surface area contributed by atoms with Crippen LogP contribution in [0.4, 0.5) is 0 Å². The average Bonchev–Trinajstić information content (AvgIpc) is 2.16. The van der Waals surface area contributed by atoms with E-state index in [0.717, 1.165) is 0 Å². The zero-order chi connectivity index (χ0) is 11.7. The Balaban J connectivity index is 4.37. The van der Waals surface area contributed by atoms with E-state index in [9.17, 15) is 4.79 Å². The van der Waals surface area contributed by atoms with Gasteiger partial charge in [-0.05, 0) is 0 Å². The van der Waals surface area contributed by atoms with E-state index in [0.29, 0.717) is 0 Å². The monoisotopic (exact) mass is 227 g/mol. The van der Waals surface area contributed by atoms with Gasteiger partial charge in [-0.2, -0.15) is 0 Å². The van der Waals surface area contributed by atoms with Gasteiger partial charge in [0.2, 0.25) is 0 Å². The maximum atomic E-state index is 10.3. The van der Waals surface area contributed by atoms with Gasteiger partial charge < -0.3 is 5.11 Å². The van der Waals surface area contributed by atoms with Crippen LogP contribution in [0.5, 0.6) is 0 Å². The summed E-state index contributed by atoms with van der Waals surface area (Å²) in [6.07, 6.45) is 0. The Labute approximate surface area is 84.6 Å². The number of aliphatic carboxylic acids is 1. The molecule has 0 aromatic heterocycles. The van der Waals surface area contributed by atoms with E-state index < -0.39 is 37.9 Å². The van der Waals surface area contributed by atoms with Crippen LogP contribution in [-0.4, -0.2) is 58.8 Å². The maximum absolute atomic E-state index is 10.3. The van der Waals surface area contributed by atoms with Gasteiger partial charge in [0, 0.05) is 0 Å². The quantitative estimate of drug-likeness (QED) is 0.244. The first-order chi connectivity index (χ1) is 7.10. The van der Waals surface area contributed by atoms with Gasteiger partial charge >= 0.3 is 5.97 Å². The molecular weight excluding hydrogens is 214 g/mol. The molecule has 0 saturated carbocycles. The number of rotatable bonds is 9. The average molecular weight is 227 g/mol. The Kier molecular flexibility index (Phi) is 7.07. The first kappa shape index (κ1) is 14.2. The Morgan fingerprint density at radius 2 is 1.47 bits per heavy atom. The van der Waals surface area contributed by atoms with Crippen molar-refractivity contribution in [3.63, 3.8) is 0 Å². The second-order valence-corrected chi connectivity index (χ2v) is 2.85. The van der Waals surface area contributed by atoms with Crippen LogP contribution in [0.15, 0.2) is 0 Å².